The third-order valence-corrected chi connectivity index (χ3v) is 5.77. The number of nitrogens with zero attached hydrogens (tertiary/aromatic N) is 1. The number of furan rings is 1. The molecule has 1 saturated heterocycles. The lowest BCUT2D eigenvalue weighted by atomic mass is 10.1. The minimum absolute atomic E-state index is 0.197. The van der Waals surface area contributed by atoms with Gasteiger partial charge in [0, 0.05) is 12.2 Å². The zero-order valence-corrected chi connectivity index (χ0v) is 18.5. The van der Waals surface area contributed by atoms with Gasteiger partial charge in [0.05, 0.1) is 5.02 Å². The number of nitrogens with one attached hydrogen (secondary N) is 1. The van der Waals surface area contributed by atoms with E-state index < -0.39 is 0 Å². The fourth-order valence-corrected chi connectivity index (χ4v) is 4.06. The van der Waals surface area contributed by atoms with Gasteiger partial charge in [0.2, 0.25) is 0 Å². The van der Waals surface area contributed by atoms with E-state index in [9.17, 15) is 4.79 Å². The Morgan fingerprint density at radius 1 is 1.06 bits per heavy atom. The number of halogens is 1. The van der Waals surface area contributed by atoms with Crippen LogP contribution < -0.4 is 10.1 Å². The van der Waals surface area contributed by atoms with E-state index in [1.54, 1.807) is 18.2 Å². The number of anilines is 1. The maximum atomic E-state index is 12.5. The van der Waals surface area contributed by atoms with Gasteiger partial charge in [-0.05, 0) is 74.3 Å². The molecule has 162 valence electrons. The molecule has 1 amide bonds. The molecule has 1 aliphatic rings. The first kappa shape index (κ1) is 21.5. The SMILES string of the molecule is Cc1cccc(Cl)c1OCc1ccc(C(=O)Nc2ccc(CN3CCCCC3)cc2)o1. The first-order chi connectivity index (χ1) is 15.1. The predicted molar refractivity (Wildman–Crippen MR) is 123 cm³/mol. The minimum atomic E-state index is -0.288. The zero-order chi connectivity index (χ0) is 21.6. The number of rotatable bonds is 7. The Morgan fingerprint density at radius 2 is 1.84 bits per heavy atom. The quantitative estimate of drug-likeness (QED) is 0.487. The summed E-state index contributed by atoms with van der Waals surface area (Å²) < 4.78 is 11.4. The monoisotopic (exact) mass is 438 g/mol. The molecule has 0 aliphatic carbocycles. The van der Waals surface area contributed by atoms with Crippen molar-refractivity contribution in [2.75, 3.05) is 18.4 Å². The molecule has 4 rings (SSSR count). The van der Waals surface area contributed by atoms with Crippen molar-refractivity contribution in [1.82, 2.24) is 4.90 Å². The maximum Gasteiger partial charge on any atom is 0.291 e. The number of para-hydroxylation sites is 1. The van der Waals surface area contributed by atoms with Crippen molar-refractivity contribution in [3.8, 4) is 5.75 Å². The molecule has 1 aliphatic heterocycles. The first-order valence-corrected chi connectivity index (χ1v) is 11.1. The van der Waals surface area contributed by atoms with Crippen LogP contribution in [0.15, 0.2) is 59.0 Å². The standard InChI is InChI=1S/C25H27ClN2O3/c1-18-6-5-7-22(26)24(18)30-17-21-12-13-23(31-21)25(29)27-20-10-8-19(9-11-20)16-28-14-3-2-4-15-28/h5-13H,2-4,14-17H2,1H3,(H,27,29). The van der Waals surface area contributed by atoms with Gasteiger partial charge in [-0.25, -0.2) is 0 Å². The van der Waals surface area contributed by atoms with Crippen LogP contribution in [-0.4, -0.2) is 23.9 Å². The highest BCUT2D eigenvalue weighted by Crippen LogP contribution is 2.29. The Kier molecular flexibility index (Phi) is 6.95. The second-order valence-electron chi connectivity index (χ2n) is 7.93. The molecule has 2 heterocycles. The van der Waals surface area contributed by atoms with Crippen LogP contribution in [0, 0.1) is 6.92 Å². The number of carbonyl (C=O) groups is 1. The molecular weight excluding hydrogens is 412 g/mol. The van der Waals surface area contributed by atoms with Crippen LogP contribution in [0.5, 0.6) is 5.75 Å². The van der Waals surface area contributed by atoms with Crippen LogP contribution in [0.25, 0.3) is 0 Å². The maximum absolute atomic E-state index is 12.5. The molecule has 5 nitrogen and oxygen atoms in total. The summed E-state index contributed by atoms with van der Waals surface area (Å²) in [5.41, 5.74) is 2.95. The molecule has 3 aromatic rings. The number of hydrogen-bond donors (Lipinski definition) is 1. The molecule has 31 heavy (non-hydrogen) atoms. The summed E-state index contributed by atoms with van der Waals surface area (Å²) in [6.45, 7) is 5.42. The number of ether oxygens (including phenoxy) is 1. The van der Waals surface area contributed by atoms with E-state index in [1.807, 2.05) is 31.2 Å². The van der Waals surface area contributed by atoms with Gasteiger partial charge in [0.15, 0.2) is 5.76 Å². The molecule has 0 radical (unpaired) electrons. The van der Waals surface area contributed by atoms with Crippen molar-refractivity contribution in [3.63, 3.8) is 0 Å². The summed E-state index contributed by atoms with van der Waals surface area (Å²) in [5, 5.41) is 3.44. The van der Waals surface area contributed by atoms with Crippen LogP contribution in [0.1, 0.15) is 46.7 Å². The summed E-state index contributed by atoms with van der Waals surface area (Å²) in [7, 11) is 0. The first-order valence-electron chi connectivity index (χ1n) is 10.7. The molecule has 2 aromatic carbocycles. The van der Waals surface area contributed by atoms with E-state index in [0.29, 0.717) is 16.5 Å². The summed E-state index contributed by atoms with van der Waals surface area (Å²) in [5.74, 6) is 1.13. The minimum Gasteiger partial charge on any atom is -0.484 e. The Bertz CT molecular complexity index is 1000. The smallest absolute Gasteiger partial charge is 0.291 e. The average molecular weight is 439 g/mol. The molecule has 0 saturated carbocycles. The van der Waals surface area contributed by atoms with Gasteiger partial charge in [-0.2, -0.15) is 0 Å². The number of carbonyl (C=O) groups excluding carboxylic acids is 1. The highest BCUT2D eigenvalue weighted by Gasteiger charge is 2.14. The van der Waals surface area contributed by atoms with Crippen LogP contribution in [0.3, 0.4) is 0 Å². The number of benzene rings is 2. The molecule has 0 atom stereocenters. The average Bonchev–Trinajstić information content (AvgIpc) is 3.25. The molecular formula is C25H27ClN2O3. The van der Waals surface area contributed by atoms with Crippen molar-refractivity contribution in [2.24, 2.45) is 0 Å². The van der Waals surface area contributed by atoms with Gasteiger partial charge >= 0.3 is 0 Å². The van der Waals surface area contributed by atoms with Crippen molar-refractivity contribution < 1.29 is 13.9 Å². The number of amides is 1. The summed E-state index contributed by atoms with van der Waals surface area (Å²) >= 11 is 6.18. The van der Waals surface area contributed by atoms with E-state index >= 15 is 0 Å². The van der Waals surface area contributed by atoms with Crippen LogP contribution in [-0.2, 0) is 13.2 Å². The van der Waals surface area contributed by atoms with Crippen molar-refractivity contribution in [3.05, 3.63) is 82.3 Å². The van der Waals surface area contributed by atoms with E-state index in [0.717, 1.165) is 17.8 Å². The van der Waals surface area contributed by atoms with Crippen molar-refractivity contribution in [2.45, 2.75) is 39.3 Å². The van der Waals surface area contributed by atoms with E-state index in [-0.39, 0.29) is 18.3 Å². The number of hydrogen-bond acceptors (Lipinski definition) is 4. The Morgan fingerprint density at radius 3 is 2.58 bits per heavy atom. The van der Waals surface area contributed by atoms with Gasteiger partial charge in [-0.1, -0.05) is 42.3 Å². The summed E-state index contributed by atoms with van der Waals surface area (Å²) in [6.07, 6.45) is 3.90. The summed E-state index contributed by atoms with van der Waals surface area (Å²) in [6, 6.07) is 17.0. The van der Waals surface area contributed by atoms with Gasteiger partial charge in [0.1, 0.15) is 18.1 Å². The zero-order valence-electron chi connectivity index (χ0n) is 17.7. The van der Waals surface area contributed by atoms with Crippen LogP contribution >= 0.6 is 11.6 Å². The number of likely N-dealkylation sites (tertiary alicyclic amines) is 1. The summed E-state index contributed by atoms with van der Waals surface area (Å²) in [4.78, 5) is 15.0. The normalized spacial score (nSPS) is 14.4. The number of aryl methyl sites for hydroxylation is 1. The van der Waals surface area contributed by atoms with Crippen LogP contribution in [0.2, 0.25) is 5.02 Å². The topological polar surface area (TPSA) is 54.7 Å². The fraction of sp³-hybridized carbons (Fsp3) is 0.320. The molecule has 0 unspecified atom stereocenters. The molecule has 6 heteroatoms. The van der Waals surface area contributed by atoms with E-state index in [4.69, 9.17) is 20.8 Å². The Hall–Kier alpha value is -2.76. The molecule has 0 bridgehead atoms. The lowest BCUT2D eigenvalue weighted by Crippen LogP contribution is -2.29. The predicted octanol–water partition coefficient (Wildman–Crippen LogP) is 6.06. The Balaban J connectivity index is 1.31. The second kappa shape index (κ2) is 10.0. The highest BCUT2D eigenvalue weighted by molar-refractivity contribution is 6.32. The van der Waals surface area contributed by atoms with Gasteiger partial charge in [-0.3, -0.25) is 9.69 Å². The van der Waals surface area contributed by atoms with Gasteiger partial charge in [-0.15, -0.1) is 0 Å². The lowest BCUT2D eigenvalue weighted by Gasteiger charge is -2.26. The van der Waals surface area contributed by atoms with Gasteiger partial charge < -0.3 is 14.5 Å². The third-order valence-electron chi connectivity index (χ3n) is 5.47. The fourth-order valence-electron chi connectivity index (χ4n) is 3.78. The van der Waals surface area contributed by atoms with Crippen molar-refractivity contribution >= 4 is 23.2 Å². The lowest BCUT2D eigenvalue weighted by molar-refractivity contribution is 0.0992. The van der Waals surface area contributed by atoms with E-state index in [2.05, 4.69) is 22.3 Å². The molecule has 1 N–H and O–H groups in total. The van der Waals surface area contributed by atoms with Gasteiger partial charge in [0.25, 0.3) is 5.91 Å². The molecule has 0 spiro atoms. The highest BCUT2D eigenvalue weighted by atomic mass is 35.5. The molecule has 1 fully saturated rings. The van der Waals surface area contributed by atoms with Crippen LogP contribution in [0.4, 0.5) is 5.69 Å². The molecule has 1 aromatic heterocycles. The van der Waals surface area contributed by atoms with E-state index in [1.165, 1.54) is 37.9 Å². The van der Waals surface area contributed by atoms with Crippen molar-refractivity contribution in [1.29, 1.82) is 0 Å². The second-order valence-corrected chi connectivity index (χ2v) is 8.34. The third kappa shape index (κ3) is 5.69. The number of piperidine rings is 1. The Labute approximate surface area is 188 Å². The largest absolute Gasteiger partial charge is 0.484 e.